The van der Waals surface area contributed by atoms with Crippen LogP contribution in [0.3, 0.4) is 0 Å². The Morgan fingerprint density at radius 2 is 1.91 bits per heavy atom. The molecule has 4 rings (SSSR count). The lowest BCUT2D eigenvalue weighted by molar-refractivity contribution is -0.121. The number of furan rings is 1. The van der Waals surface area contributed by atoms with Crippen LogP contribution in [0.4, 0.5) is 10.5 Å². The van der Waals surface area contributed by atoms with E-state index in [1.54, 1.807) is 31.4 Å². The van der Waals surface area contributed by atoms with Crippen LogP contribution in [-0.4, -0.2) is 60.9 Å². The number of esters is 1. The van der Waals surface area contributed by atoms with Crippen molar-refractivity contribution in [2.75, 3.05) is 32.2 Å². The number of amides is 2. The summed E-state index contributed by atoms with van der Waals surface area (Å²) in [5, 5.41) is 13.2. The maximum atomic E-state index is 13.3. The van der Waals surface area contributed by atoms with Gasteiger partial charge in [-0.25, -0.2) is 9.59 Å². The standard InChI is InChI=1S/C25H32N2O7/c1-32-12-5-13-33-24(29)21-15-17-14-18(8-9-20(17)34-21)26-23(28)22-19(10-11-27(22)25(30)31)16-6-3-2-4-7-16/h8-9,14-16,19,22H,2-7,10-13H2,1H3,(H,26,28)(H,30,31)/t19-,22-/m0/s1. The van der Waals surface area contributed by atoms with Gasteiger partial charge in [-0.3, -0.25) is 9.69 Å². The molecular weight excluding hydrogens is 440 g/mol. The minimum Gasteiger partial charge on any atom is -0.465 e. The van der Waals surface area contributed by atoms with Crippen LogP contribution in [0.5, 0.6) is 0 Å². The van der Waals surface area contributed by atoms with E-state index in [2.05, 4.69) is 5.32 Å². The number of hydrogen-bond donors (Lipinski definition) is 2. The second-order valence-electron chi connectivity index (χ2n) is 9.11. The maximum Gasteiger partial charge on any atom is 0.407 e. The molecule has 2 N–H and O–H groups in total. The van der Waals surface area contributed by atoms with Gasteiger partial charge in [-0.15, -0.1) is 0 Å². The Bertz CT molecular complexity index is 1030. The van der Waals surface area contributed by atoms with E-state index in [9.17, 15) is 19.5 Å². The summed E-state index contributed by atoms with van der Waals surface area (Å²) in [4.78, 5) is 38.6. The fourth-order valence-corrected chi connectivity index (χ4v) is 5.30. The molecule has 2 amide bonds. The van der Waals surface area contributed by atoms with Crippen LogP contribution in [0.25, 0.3) is 11.0 Å². The van der Waals surface area contributed by atoms with Crippen LogP contribution in [0.15, 0.2) is 28.7 Å². The summed E-state index contributed by atoms with van der Waals surface area (Å²) in [7, 11) is 1.58. The smallest absolute Gasteiger partial charge is 0.407 e. The number of likely N-dealkylation sites (tertiary alicyclic amines) is 1. The highest BCUT2D eigenvalue weighted by Crippen LogP contribution is 2.39. The molecule has 2 heterocycles. The number of methoxy groups -OCH3 is 1. The van der Waals surface area contributed by atoms with E-state index in [1.807, 2.05) is 0 Å². The van der Waals surface area contributed by atoms with Crippen molar-refractivity contribution in [3.63, 3.8) is 0 Å². The molecule has 0 unspecified atom stereocenters. The van der Waals surface area contributed by atoms with Crippen molar-refractivity contribution in [2.24, 2.45) is 11.8 Å². The summed E-state index contributed by atoms with van der Waals surface area (Å²) in [6.07, 6.45) is 5.82. The summed E-state index contributed by atoms with van der Waals surface area (Å²) in [5.41, 5.74) is 1.02. The molecule has 2 fully saturated rings. The Labute approximate surface area is 198 Å². The fraction of sp³-hybridized carbons (Fsp3) is 0.560. The van der Waals surface area contributed by atoms with Gasteiger partial charge in [-0.05, 0) is 42.5 Å². The van der Waals surface area contributed by atoms with E-state index in [0.29, 0.717) is 48.6 Å². The number of ether oxygens (including phenoxy) is 2. The Kier molecular flexibility index (Phi) is 7.72. The zero-order chi connectivity index (χ0) is 24.1. The van der Waals surface area contributed by atoms with E-state index in [1.165, 1.54) is 11.3 Å². The summed E-state index contributed by atoms with van der Waals surface area (Å²) in [5.74, 6) is -0.371. The lowest BCUT2D eigenvalue weighted by Crippen LogP contribution is -2.47. The SMILES string of the molecule is COCCCOC(=O)c1cc2cc(NC(=O)[C@@H]3[C@H](C4CCCCC4)CCN3C(=O)O)ccc2o1. The molecule has 1 aromatic heterocycles. The number of fused-ring (bicyclic) bond motifs is 1. The van der Waals surface area contributed by atoms with Gasteiger partial charge < -0.3 is 24.3 Å². The minimum absolute atomic E-state index is 0.0357. The summed E-state index contributed by atoms with van der Waals surface area (Å²) >= 11 is 0. The van der Waals surface area contributed by atoms with Crippen molar-refractivity contribution >= 4 is 34.6 Å². The van der Waals surface area contributed by atoms with Gasteiger partial charge in [-0.1, -0.05) is 32.1 Å². The maximum absolute atomic E-state index is 13.3. The Morgan fingerprint density at radius 3 is 2.65 bits per heavy atom. The van der Waals surface area contributed by atoms with Crippen LogP contribution < -0.4 is 5.32 Å². The highest BCUT2D eigenvalue weighted by atomic mass is 16.5. The molecule has 9 nitrogen and oxygen atoms in total. The fourth-order valence-electron chi connectivity index (χ4n) is 5.30. The molecule has 0 spiro atoms. The monoisotopic (exact) mass is 472 g/mol. The minimum atomic E-state index is -1.06. The van der Waals surface area contributed by atoms with Crippen LogP contribution in [0.1, 0.15) is 55.5 Å². The first-order valence-electron chi connectivity index (χ1n) is 12.0. The number of nitrogens with zero attached hydrogens (tertiary/aromatic N) is 1. The first kappa shape index (κ1) is 24.1. The molecule has 2 aromatic rings. The predicted molar refractivity (Wildman–Crippen MR) is 125 cm³/mol. The van der Waals surface area contributed by atoms with E-state index < -0.39 is 18.1 Å². The van der Waals surface area contributed by atoms with Crippen molar-refractivity contribution in [1.29, 1.82) is 0 Å². The molecule has 34 heavy (non-hydrogen) atoms. The molecule has 0 radical (unpaired) electrons. The Balaban J connectivity index is 1.46. The summed E-state index contributed by atoms with van der Waals surface area (Å²) in [6.45, 7) is 1.11. The van der Waals surface area contributed by atoms with Crippen LogP contribution in [0, 0.1) is 11.8 Å². The Hall–Kier alpha value is -3.07. The number of hydrogen-bond acceptors (Lipinski definition) is 6. The van der Waals surface area contributed by atoms with Crippen LogP contribution >= 0.6 is 0 Å². The quantitative estimate of drug-likeness (QED) is 0.428. The van der Waals surface area contributed by atoms with Crippen molar-refractivity contribution in [3.8, 4) is 0 Å². The number of anilines is 1. The molecule has 2 atom stereocenters. The van der Waals surface area contributed by atoms with Crippen molar-refractivity contribution in [1.82, 2.24) is 4.90 Å². The lowest BCUT2D eigenvalue weighted by Gasteiger charge is -2.32. The normalized spacial score (nSPS) is 21.0. The van der Waals surface area contributed by atoms with E-state index in [4.69, 9.17) is 13.9 Å². The van der Waals surface area contributed by atoms with Crippen LogP contribution in [-0.2, 0) is 14.3 Å². The number of benzene rings is 1. The first-order valence-corrected chi connectivity index (χ1v) is 12.0. The average Bonchev–Trinajstić information content (AvgIpc) is 3.47. The number of carbonyl (C=O) groups excluding carboxylic acids is 2. The molecule has 1 aliphatic carbocycles. The van der Waals surface area contributed by atoms with Gasteiger partial charge in [0.2, 0.25) is 11.7 Å². The van der Waals surface area contributed by atoms with Crippen LogP contribution in [0.2, 0.25) is 0 Å². The van der Waals surface area contributed by atoms with Gasteiger partial charge in [0.15, 0.2) is 0 Å². The molecule has 1 saturated heterocycles. The van der Waals surface area contributed by atoms with Gasteiger partial charge in [-0.2, -0.15) is 0 Å². The molecule has 1 aromatic carbocycles. The van der Waals surface area contributed by atoms with Gasteiger partial charge in [0, 0.05) is 37.8 Å². The topological polar surface area (TPSA) is 118 Å². The second kappa shape index (κ2) is 10.9. The molecular formula is C25H32N2O7. The number of rotatable bonds is 8. The van der Waals surface area contributed by atoms with Crippen molar-refractivity contribution < 1.29 is 33.4 Å². The van der Waals surface area contributed by atoms with E-state index in [-0.39, 0.29) is 24.2 Å². The zero-order valence-electron chi connectivity index (χ0n) is 19.5. The molecule has 184 valence electrons. The first-order chi connectivity index (χ1) is 16.5. The molecule has 1 saturated carbocycles. The molecule has 1 aliphatic heterocycles. The number of carbonyl (C=O) groups is 3. The third-order valence-corrected chi connectivity index (χ3v) is 6.93. The lowest BCUT2D eigenvalue weighted by atomic mass is 9.76. The predicted octanol–water partition coefficient (Wildman–Crippen LogP) is 4.51. The average molecular weight is 473 g/mol. The third kappa shape index (κ3) is 5.35. The van der Waals surface area contributed by atoms with E-state index in [0.717, 1.165) is 25.7 Å². The largest absolute Gasteiger partial charge is 0.465 e. The van der Waals surface area contributed by atoms with Gasteiger partial charge in [0.05, 0.1) is 6.61 Å². The highest BCUT2D eigenvalue weighted by molar-refractivity contribution is 5.99. The molecule has 0 bridgehead atoms. The van der Waals surface area contributed by atoms with Gasteiger partial charge in [0.25, 0.3) is 0 Å². The van der Waals surface area contributed by atoms with Gasteiger partial charge in [0.1, 0.15) is 11.6 Å². The summed E-state index contributed by atoms with van der Waals surface area (Å²) in [6, 6.07) is 5.96. The third-order valence-electron chi connectivity index (χ3n) is 6.93. The number of carboxylic acid groups (broad SMARTS) is 1. The summed E-state index contributed by atoms with van der Waals surface area (Å²) < 4.78 is 15.7. The molecule has 2 aliphatic rings. The zero-order valence-corrected chi connectivity index (χ0v) is 19.5. The van der Waals surface area contributed by atoms with E-state index >= 15 is 0 Å². The van der Waals surface area contributed by atoms with Crippen molar-refractivity contribution in [3.05, 3.63) is 30.0 Å². The number of nitrogens with one attached hydrogen (secondary N) is 1. The highest BCUT2D eigenvalue weighted by Gasteiger charge is 2.45. The van der Waals surface area contributed by atoms with Gasteiger partial charge >= 0.3 is 12.1 Å². The second-order valence-corrected chi connectivity index (χ2v) is 9.11. The molecule has 9 heteroatoms. The van der Waals surface area contributed by atoms with Crippen molar-refractivity contribution in [2.45, 2.75) is 51.0 Å². The Morgan fingerprint density at radius 1 is 1.12 bits per heavy atom.